The third kappa shape index (κ3) is 1.24. The molecule has 0 N–H and O–H groups in total. The Balaban J connectivity index is 3.31. The molecule has 0 fully saturated rings. The molecule has 0 unspecified atom stereocenters. The molecule has 0 aromatic carbocycles. The van der Waals surface area contributed by atoms with E-state index in [9.17, 15) is 0 Å². The number of aryl methyl sites for hydroxylation is 2. The van der Waals surface area contributed by atoms with Crippen LogP contribution in [0.2, 0.25) is 0 Å². The van der Waals surface area contributed by atoms with Crippen molar-refractivity contribution in [2.45, 2.75) is 19.7 Å². The quantitative estimate of drug-likeness (QED) is 0.606. The van der Waals surface area contributed by atoms with Crippen molar-refractivity contribution in [1.82, 2.24) is 0 Å². The molecule has 58 valence electrons. The van der Waals surface area contributed by atoms with Crippen LogP contribution in [0, 0.1) is 25.2 Å². The minimum absolute atomic E-state index is 0.339. The summed E-state index contributed by atoms with van der Waals surface area (Å²) in [5.74, 6) is 1.74. The van der Waals surface area contributed by atoms with Gasteiger partial charge in [0.15, 0.2) is 0 Å². The summed E-state index contributed by atoms with van der Waals surface area (Å²) in [5, 5.41) is 8.68. The average molecular weight is 170 g/mol. The molecule has 0 aliphatic rings. The highest BCUT2D eigenvalue weighted by atomic mass is 35.5. The molecule has 1 heterocycles. The summed E-state index contributed by atoms with van der Waals surface area (Å²) in [7, 11) is 0. The number of hydrogen-bond acceptors (Lipinski definition) is 2. The number of alkyl halides is 1. The van der Waals surface area contributed by atoms with Crippen molar-refractivity contribution >= 4 is 11.6 Å². The summed E-state index contributed by atoms with van der Waals surface area (Å²) < 4.78 is 5.22. The predicted molar refractivity (Wildman–Crippen MR) is 42.5 cm³/mol. The van der Waals surface area contributed by atoms with Crippen LogP contribution < -0.4 is 0 Å². The summed E-state index contributed by atoms with van der Waals surface area (Å²) >= 11 is 5.62. The van der Waals surface area contributed by atoms with Gasteiger partial charge < -0.3 is 4.42 Å². The van der Waals surface area contributed by atoms with Crippen LogP contribution in [0.3, 0.4) is 0 Å². The van der Waals surface area contributed by atoms with E-state index in [2.05, 4.69) is 6.07 Å². The molecule has 1 rings (SSSR count). The molecule has 3 heteroatoms. The fraction of sp³-hybridized carbons (Fsp3) is 0.375. The molecular weight excluding hydrogens is 162 g/mol. The zero-order valence-electron chi connectivity index (χ0n) is 6.44. The zero-order valence-corrected chi connectivity index (χ0v) is 7.20. The molecule has 0 aliphatic carbocycles. The van der Waals surface area contributed by atoms with E-state index in [4.69, 9.17) is 21.3 Å². The first-order valence-corrected chi connectivity index (χ1v) is 3.79. The van der Waals surface area contributed by atoms with Crippen LogP contribution in [0.5, 0.6) is 0 Å². The van der Waals surface area contributed by atoms with E-state index >= 15 is 0 Å². The molecular formula is C8H8ClNO. The average Bonchev–Trinajstić information content (AvgIpc) is 2.24. The highest BCUT2D eigenvalue weighted by molar-refractivity contribution is 6.17. The first-order valence-electron chi connectivity index (χ1n) is 3.25. The van der Waals surface area contributed by atoms with Gasteiger partial charge in [-0.3, -0.25) is 0 Å². The first-order chi connectivity index (χ1) is 5.20. The van der Waals surface area contributed by atoms with E-state index in [-0.39, 0.29) is 0 Å². The second-order valence-electron chi connectivity index (χ2n) is 2.31. The van der Waals surface area contributed by atoms with Crippen molar-refractivity contribution in [3.8, 4) is 6.07 Å². The van der Waals surface area contributed by atoms with Gasteiger partial charge >= 0.3 is 0 Å². The van der Waals surface area contributed by atoms with E-state index in [1.54, 1.807) is 6.92 Å². The fourth-order valence-corrected chi connectivity index (χ4v) is 1.36. The maximum absolute atomic E-state index is 8.68. The minimum Gasteiger partial charge on any atom is -0.465 e. The van der Waals surface area contributed by atoms with E-state index in [0.717, 1.165) is 11.3 Å². The second-order valence-corrected chi connectivity index (χ2v) is 2.58. The molecule has 2 nitrogen and oxygen atoms in total. The summed E-state index contributed by atoms with van der Waals surface area (Å²) in [6, 6.07) is 2.06. The minimum atomic E-state index is 0.339. The molecule has 1 aromatic heterocycles. The largest absolute Gasteiger partial charge is 0.465 e. The summed E-state index contributed by atoms with van der Waals surface area (Å²) in [4.78, 5) is 0. The van der Waals surface area contributed by atoms with Gasteiger partial charge in [-0.25, -0.2) is 0 Å². The lowest BCUT2D eigenvalue weighted by Gasteiger charge is -1.88. The molecule has 0 amide bonds. The van der Waals surface area contributed by atoms with Gasteiger partial charge in [0.2, 0.25) is 0 Å². The summed E-state index contributed by atoms with van der Waals surface area (Å²) in [6.07, 6.45) is 0. The molecule has 0 bridgehead atoms. The van der Waals surface area contributed by atoms with Crippen LogP contribution in [0.4, 0.5) is 0 Å². The Hall–Kier alpha value is -0.940. The third-order valence-corrected chi connectivity index (χ3v) is 1.90. The van der Waals surface area contributed by atoms with E-state index in [0.29, 0.717) is 17.2 Å². The van der Waals surface area contributed by atoms with Gasteiger partial charge in [0, 0.05) is 5.56 Å². The Morgan fingerprint density at radius 1 is 1.45 bits per heavy atom. The van der Waals surface area contributed by atoms with Gasteiger partial charge in [-0.05, 0) is 13.8 Å². The van der Waals surface area contributed by atoms with Crippen molar-refractivity contribution in [2.24, 2.45) is 0 Å². The van der Waals surface area contributed by atoms with Gasteiger partial charge in [0.1, 0.15) is 17.6 Å². The molecule has 0 spiro atoms. The topological polar surface area (TPSA) is 36.9 Å². The number of halogens is 1. The maximum Gasteiger partial charge on any atom is 0.119 e. The number of nitrogens with zero attached hydrogens (tertiary/aromatic N) is 1. The van der Waals surface area contributed by atoms with E-state index < -0.39 is 0 Å². The standard InChI is InChI=1S/C8H8ClNO/c1-5-7(3-9)8(4-10)6(2)11-5/h3H2,1-2H3. The smallest absolute Gasteiger partial charge is 0.119 e. The summed E-state index contributed by atoms with van der Waals surface area (Å²) in [5.41, 5.74) is 1.39. The Bertz CT molecular complexity index is 309. The molecule has 0 saturated carbocycles. The molecule has 0 aliphatic heterocycles. The molecule has 11 heavy (non-hydrogen) atoms. The van der Waals surface area contributed by atoms with Gasteiger partial charge in [-0.15, -0.1) is 11.6 Å². The lowest BCUT2D eigenvalue weighted by molar-refractivity contribution is 0.501. The van der Waals surface area contributed by atoms with Crippen molar-refractivity contribution in [3.63, 3.8) is 0 Å². The number of furan rings is 1. The Kier molecular flexibility index (Phi) is 2.21. The number of hydrogen-bond donors (Lipinski definition) is 0. The van der Waals surface area contributed by atoms with Crippen molar-refractivity contribution in [2.75, 3.05) is 0 Å². The zero-order chi connectivity index (χ0) is 8.43. The lowest BCUT2D eigenvalue weighted by Crippen LogP contribution is -1.82. The van der Waals surface area contributed by atoms with Gasteiger partial charge in [0.05, 0.1) is 11.4 Å². The molecule has 1 aromatic rings. The van der Waals surface area contributed by atoms with Crippen LogP contribution in [0.25, 0.3) is 0 Å². The maximum atomic E-state index is 8.68. The Morgan fingerprint density at radius 2 is 2.09 bits per heavy atom. The molecule has 0 saturated heterocycles. The van der Waals surface area contributed by atoms with Crippen molar-refractivity contribution in [3.05, 3.63) is 22.6 Å². The molecule has 0 radical (unpaired) electrons. The summed E-state index contributed by atoms with van der Waals surface area (Å²) in [6.45, 7) is 3.58. The van der Waals surface area contributed by atoms with Crippen LogP contribution in [0.15, 0.2) is 4.42 Å². The highest BCUT2D eigenvalue weighted by Crippen LogP contribution is 2.22. The van der Waals surface area contributed by atoms with Crippen molar-refractivity contribution in [1.29, 1.82) is 5.26 Å². The van der Waals surface area contributed by atoms with Crippen LogP contribution in [-0.2, 0) is 5.88 Å². The molecule has 0 atom stereocenters. The van der Waals surface area contributed by atoms with E-state index in [1.807, 2.05) is 6.92 Å². The second kappa shape index (κ2) is 2.98. The highest BCUT2D eigenvalue weighted by Gasteiger charge is 2.12. The van der Waals surface area contributed by atoms with Crippen LogP contribution in [0.1, 0.15) is 22.6 Å². The van der Waals surface area contributed by atoms with E-state index in [1.165, 1.54) is 0 Å². The number of nitriles is 1. The monoisotopic (exact) mass is 169 g/mol. The normalized spacial score (nSPS) is 9.64. The fourth-order valence-electron chi connectivity index (χ4n) is 1.04. The predicted octanol–water partition coefficient (Wildman–Crippen LogP) is 2.51. The lowest BCUT2D eigenvalue weighted by atomic mass is 10.1. The third-order valence-electron chi connectivity index (χ3n) is 1.63. The Morgan fingerprint density at radius 3 is 2.45 bits per heavy atom. The van der Waals surface area contributed by atoms with Gasteiger partial charge in [0.25, 0.3) is 0 Å². The Labute approximate surface area is 70.4 Å². The number of rotatable bonds is 1. The van der Waals surface area contributed by atoms with Gasteiger partial charge in [-0.2, -0.15) is 5.26 Å². The first kappa shape index (κ1) is 8.16. The SMILES string of the molecule is Cc1oc(C)c(CCl)c1C#N. The van der Waals surface area contributed by atoms with Crippen LogP contribution in [-0.4, -0.2) is 0 Å². The van der Waals surface area contributed by atoms with Crippen molar-refractivity contribution < 1.29 is 4.42 Å². The van der Waals surface area contributed by atoms with Crippen LogP contribution >= 0.6 is 11.6 Å². The van der Waals surface area contributed by atoms with Gasteiger partial charge in [-0.1, -0.05) is 0 Å².